The van der Waals surface area contributed by atoms with Crippen LogP contribution in [-0.4, -0.2) is 104 Å². The summed E-state index contributed by atoms with van der Waals surface area (Å²) in [6, 6.07) is 0. The minimum Gasteiger partial charge on any atom is -0.726 e. The molecule has 1 rings (SSSR count). The highest BCUT2D eigenvalue weighted by atomic mass is 32.3. The second-order valence-electron chi connectivity index (χ2n) is 4.94. The van der Waals surface area contributed by atoms with Crippen molar-refractivity contribution in [3.63, 3.8) is 0 Å². The molecule has 1 aliphatic rings. The maximum Gasteiger partial charge on any atom is 0.218 e. The Morgan fingerprint density at radius 1 is 1.23 bits per heavy atom. The Balaban J connectivity index is 2.77. The maximum atomic E-state index is 10.5. The fraction of sp³-hybridized carbons (Fsp3) is 1.00. The number of aliphatic hydroxyl groups excluding tert-OH is 6. The van der Waals surface area contributed by atoms with Gasteiger partial charge in [-0.2, -0.15) is 0 Å². The van der Waals surface area contributed by atoms with Crippen LogP contribution in [0.1, 0.15) is 0 Å². The lowest BCUT2D eigenvalue weighted by Gasteiger charge is -2.24. The van der Waals surface area contributed by atoms with Gasteiger partial charge in [-0.15, -0.1) is 0 Å². The first-order chi connectivity index (χ1) is 10.1. The summed E-state index contributed by atoms with van der Waals surface area (Å²) < 4.78 is 35.6. The van der Waals surface area contributed by atoms with E-state index in [0.29, 0.717) is 0 Å². The molecule has 6 N–H and O–H groups in total. The summed E-state index contributed by atoms with van der Waals surface area (Å²) in [6.07, 6.45) is -7.06. The molecule has 12 heteroatoms. The SMILES string of the molecule is O=S(=O)([O-])O[C@H](CO)[C@@H](O)C[S+]1C[C@H](O)[C@@H](O)[C@@H]1[C@H](O)CO. The van der Waals surface area contributed by atoms with Gasteiger partial charge in [-0.1, -0.05) is 0 Å². The van der Waals surface area contributed by atoms with Crippen LogP contribution in [0.15, 0.2) is 0 Å². The predicted octanol–water partition coefficient (Wildman–Crippen LogP) is -4.74. The molecule has 0 aromatic carbocycles. The molecule has 7 atom stereocenters. The quantitative estimate of drug-likeness (QED) is 0.139. The highest BCUT2D eigenvalue weighted by molar-refractivity contribution is 7.97. The normalized spacial score (nSPS) is 33.6. The van der Waals surface area contributed by atoms with Crippen LogP contribution in [0.3, 0.4) is 0 Å². The third-order valence-corrected chi connectivity index (χ3v) is 6.69. The third kappa shape index (κ3) is 5.26. The van der Waals surface area contributed by atoms with Gasteiger partial charge in [-0.3, -0.25) is 4.18 Å². The fourth-order valence-electron chi connectivity index (χ4n) is 2.27. The van der Waals surface area contributed by atoms with Gasteiger partial charge >= 0.3 is 0 Å². The van der Waals surface area contributed by atoms with Crippen LogP contribution in [0.4, 0.5) is 0 Å². The lowest BCUT2D eigenvalue weighted by atomic mass is 10.1. The Morgan fingerprint density at radius 3 is 2.27 bits per heavy atom. The van der Waals surface area contributed by atoms with Gasteiger partial charge in [0.15, 0.2) is 5.25 Å². The summed E-state index contributed by atoms with van der Waals surface area (Å²) in [5, 5.41) is 56.1. The van der Waals surface area contributed by atoms with Gasteiger partial charge in [0.2, 0.25) is 10.4 Å². The number of rotatable bonds is 8. The van der Waals surface area contributed by atoms with Crippen LogP contribution in [0, 0.1) is 0 Å². The molecule has 132 valence electrons. The molecule has 1 saturated heterocycles. The molecular weight excluding hydrogens is 344 g/mol. The van der Waals surface area contributed by atoms with Crippen molar-refractivity contribution < 1.29 is 47.8 Å². The first kappa shape index (κ1) is 20.0. The minimum absolute atomic E-state index is 0.0161. The van der Waals surface area contributed by atoms with E-state index in [9.17, 15) is 33.4 Å². The van der Waals surface area contributed by atoms with Crippen molar-refractivity contribution in [2.24, 2.45) is 0 Å². The van der Waals surface area contributed by atoms with E-state index >= 15 is 0 Å². The molecule has 0 bridgehead atoms. The van der Waals surface area contributed by atoms with E-state index in [1.165, 1.54) is 0 Å². The van der Waals surface area contributed by atoms with Crippen molar-refractivity contribution in [3.05, 3.63) is 0 Å². The van der Waals surface area contributed by atoms with Crippen molar-refractivity contribution >= 4 is 21.3 Å². The first-order valence-electron chi connectivity index (χ1n) is 6.35. The molecule has 10 nitrogen and oxygen atoms in total. The minimum atomic E-state index is -5.13. The van der Waals surface area contributed by atoms with Crippen molar-refractivity contribution in [1.29, 1.82) is 0 Å². The molecule has 22 heavy (non-hydrogen) atoms. The average Bonchev–Trinajstić information content (AvgIpc) is 2.69. The number of aliphatic hydroxyl groups is 6. The summed E-state index contributed by atoms with van der Waals surface area (Å²) in [4.78, 5) is 0. The zero-order valence-electron chi connectivity index (χ0n) is 11.4. The van der Waals surface area contributed by atoms with E-state index < -0.39 is 70.3 Å². The Morgan fingerprint density at radius 2 is 1.82 bits per heavy atom. The van der Waals surface area contributed by atoms with Crippen molar-refractivity contribution in [3.8, 4) is 0 Å². The summed E-state index contributed by atoms with van der Waals surface area (Å²) in [5.74, 6) is -0.210. The first-order valence-corrected chi connectivity index (χ1v) is 9.31. The molecule has 0 radical (unpaired) electrons. The van der Waals surface area contributed by atoms with Crippen LogP contribution in [0.5, 0.6) is 0 Å². The van der Waals surface area contributed by atoms with Gasteiger partial charge in [0, 0.05) is 10.9 Å². The molecule has 0 aliphatic carbocycles. The van der Waals surface area contributed by atoms with E-state index in [-0.39, 0.29) is 11.5 Å². The third-order valence-electron chi connectivity index (χ3n) is 3.30. The molecular formula is C10H20O10S2. The summed E-state index contributed by atoms with van der Waals surface area (Å²) in [6.45, 7) is -1.60. The van der Waals surface area contributed by atoms with E-state index in [0.717, 1.165) is 0 Å². The van der Waals surface area contributed by atoms with Gasteiger partial charge in [0.25, 0.3) is 0 Å². The predicted molar refractivity (Wildman–Crippen MR) is 73.7 cm³/mol. The van der Waals surface area contributed by atoms with E-state index in [1.54, 1.807) is 0 Å². The Labute approximate surface area is 130 Å². The van der Waals surface area contributed by atoms with Crippen LogP contribution in [-0.2, 0) is 25.5 Å². The Kier molecular flexibility index (Phi) is 7.45. The summed E-state index contributed by atoms with van der Waals surface area (Å²) >= 11 is 0. The lowest BCUT2D eigenvalue weighted by molar-refractivity contribution is -0.000108. The largest absolute Gasteiger partial charge is 0.726 e. The number of hydrogen-bond donors (Lipinski definition) is 6. The van der Waals surface area contributed by atoms with Crippen LogP contribution >= 0.6 is 0 Å². The second-order valence-corrected chi connectivity index (χ2v) is 8.23. The zero-order chi connectivity index (χ0) is 17.1. The molecule has 1 unspecified atom stereocenters. The van der Waals surface area contributed by atoms with Crippen LogP contribution in [0.2, 0.25) is 0 Å². The summed E-state index contributed by atoms with van der Waals surface area (Å²) in [5.41, 5.74) is 0. The standard InChI is InChI=1S/C10H20O10S2/c11-1-5(13)10-9(16)7(15)4-21(10)3-6(14)8(2-12)20-22(17,18)19/h5-16H,1-4H2/t5-,6+,7+,8-,9-,10+,21?/m1/s1. The van der Waals surface area contributed by atoms with E-state index in [4.69, 9.17) is 10.2 Å². The molecule has 0 saturated carbocycles. The molecule has 1 heterocycles. The van der Waals surface area contributed by atoms with Crippen molar-refractivity contribution in [2.75, 3.05) is 24.7 Å². The number of hydrogen-bond acceptors (Lipinski definition) is 10. The van der Waals surface area contributed by atoms with Crippen molar-refractivity contribution in [2.45, 2.75) is 35.8 Å². The highest BCUT2D eigenvalue weighted by Gasteiger charge is 2.54. The van der Waals surface area contributed by atoms with Crippen LogP contribution in [0.25, 0.3) is 0 Å². The van der Waals surface area contributed by atoms with Crippen molar-refractivity contribution in [1.82, 2.24) is 0 Å². The van der Waals surface area contributed by atoms with Gasteiger partial charge < -0.3 is 35.2 Å². The van der Waals surface area contributed by atoms with E-state index in [2.05, 4.69) is 4.18 Å². The van der Waals surface area contributed by atoms with Gasteiger partial charge in [0.05, 0.1) is 13.2 Å². The lowest BCUT2D eigenvalue weighted by Crippen LogP contribution is -2.46. The molecule has 0 aromatic heterocycles. The molecule has 1 fully saturated rings. The monoisotopic (exact) mass is 364 g/mol. The summed E-state index contributed by atoms with van der Waals surface area (Å²) in [7, 11) is -6.11. The molecule has 0 amide bonds. The van der Waals surface area contributed by atoms with Crippen LogP contribution < -0.4 is 0 Å². The zero-order valence-corrected chi connectivity index (χ0v) is 13.1. The fourth-order valence-corrected chi connectivity index (χ4v) is 5.74. The topological polar surface area (TPSA) is 188 Å². The Bertz CT molecular complexity index is 443. The maximum absolute atomic E-state index is 10.5. The van der Waals surface area contributed by atoms with Gasteiger partial charge in [-0.25, -0.2) is 8.42 Å². The average molecular weight is 364 g/mol. The molecule has 0 spiro atoms. The highest BCUT2D eigenvalue weighted by Crippen LogP contribution is 2.28. The second kappa shape index (κ2) is 8.19. The molecule has 1 aliphatic heterocycles. The van der Waals surface area contributed by atoms with Gasteiger partial charge in [-0.05, 0) is 0 Å². The smallest absolute Gasteiger partial charge is 0.218 e. The Hall–Kier alpha value is -0.0200. The van der Waals surface area contributed by atoms with E-state index in [1.807, 2.05) is 0 Å². The van der Waals surface area contributed by atoms with Gasteiger partial charge in [0.1, 0.15) is 42.0 Å². The molecule has 0 aromatic rings.